The maximum absolute atomic E-state index is 13.0. The van der Waals surface area contributed by atoms with Crippen LogP contribution in [0.25, 0.3) is 0 Å². The van der Waals surface area contributed by atoms with Crippen molar-refractivity contribution >= 4 is 23.2 Å². The van der Waals surface area contributed by atoms with E-state index in [-0.39, 0.29) is 18.3 Å². The van der Waals surface area contributed by atoms with Gasteiger partial charge >= 0.3 is 6.18 Å². The molecule has 0 unspecified atom stereocenters. The third kappa shape index (κ3) is 4.65. The predicted molar refractivity (Wildman–Crippen MR) is 108 cm³/mol. The van der Waals surface area contributed by atoms with E-state index in [1.54, 1.807) is 14.2 Å². The highest BCUT2D eigenvalue weighted by molar-refractivity contribution is 6.31. The van der Waals surface area contributed by atoms with Crippen molar-refractivity contribution in [2.75, 3.05) is 32.6 Å². The van der Waals surface area contributed by atoms with Crippen LogP contribution in [0.15, 0.2) is 30.3 Å². The van der Waals surface area contributed by atoms with E-state index in [0.717, 1.165) is 23.3 Å². The van der Waals surface area contributed by atoms with Crippen LogP contribution in [0.3, 0.4) is 0 Å². The zero-order chi connectivity index (χ0) is 22.1. The molecule has 1 heterocycles. The van der Waals surface area contributed by atoms with Crippen LogP contribution in [0, 0.1) is 0 Å². The number of methoxy groups -OCH3 is 2. The van der Waals surface area contributed by atoms with Crippen LogP contribution in [-0.2, 0) is 17.4 Å². The molecule has 0 bridgehead atoms. The average Bonchev–Trinajstić information content (AvgIpc) is 2.69. The Morgan fingerprint density at radius 2 is 1.87 bits per heavy atom. The molecule has 0 fully saturated rings. The smallest absolute Gasteiger partial charge is 0.417 e. The van der Waals surface area contributed by atoms with E-state index in [4.69, 9.17) is 21.1 Å². The fourth-order valence-electron chi connectivity index (χ4n) is 3.62. The molecule has 1 N–H and O–H groups in total. The van der Waals surface area contributed by atoms with Gasteiger partial charge in [-0.2, -0.15) is 13.2 Å². The summed E-state index contributed by atoms with van der Waals surface area (Å²) >= 11 is 5.63. The van der Waals surface area contributed by atoms with Crippen LogP contribution in [0.5, 0.6) is 11.5 Å². The first-order chi connectivity index (χ1) is 14.1. The lowest BCUT2D eigenvalue weighted by atomic mass is 9.93. The maximum Gasteiger partial charge on any atom is 0.417 e. The Morgan fingerprint density at radius 3 is 2.50 bits per heavy atom. The quantitative estimate of drug-likeness (QED) is 0.713. The van der Waals surface area contributed by atoms with Gasteiger partial charge in [0.25, 0.3) is 0 Å². The lowest BCUT2D eigenvalue weighted by Gasteiger charge is -2.35. The number of rotatable bonds is 5. The number of carbonyl (C=O) groups excluding carboxylic acids is 1. The zero-order valence-corrected chi connectivity index (χ0v) is 17.5. The minimum atomic E-state index is -4.59. The minimum Gasteiger partial charge on any atom is -0.493 e. The summed E-state index contributed by atoms with van der Waals surface area (Å²) in [5.41, 5.74) is 1.21. The lowest BCUT2D eigenvalue weighted by Crippen LogP contribution is -2.39. The van der Waals surface area contributed by atoms with Crippen LogP contribution in [0.2, 0.25) is 5.02 Å². The van der Waals surface area contributed by atoms with Crippen molar-refractivity contribution < 1.29 is 27.4 Å². The van der Waals surface area contributed by atoms with E-state index in [2.05, 4.69) is 5.32 Å². The molecule has 0 saturated heterocycles. The Kier molecular flexibility index (Phi) is 6.47. The van der Waals surface area contributed by atoms with E-state index in [0.29, 0.717) is 24.5 Å². The SMILES string of the molecule is COc1cc2c(cc1OC)[C@@H](C)N(CC(=O)Nc1ccc(Cl)c(C(F)(F)F)c1)CC2. The van der Waals surface area contributed by atoms with Crippen LogP contribution in [0.4, 0.5) is 18.9 Å². The summed E-state index contributed by atoms with van der Waals surface area (Å²) < 4.78 is 49.8. The molecule has 1 aliphatic rings. The Labute approximate surface area is 177 Å². The molecule has 30 heavy (non-hydrogen) atoms. The number of hydrogen-bond acceptors (Lipinski definition) is 4. The molecule has 2 aromatic carbocycles. The number of amides is 1. The average molecular weight is 443 g/mol. The second kappa shape index (κ2) is 8.73. The monoisotopic (exact) mass is 442 g/mol. The Balaban J connectivity index is 1.73. The third-order valence-corrected chi connectivity index (χ3v) is 5.54. The number of carbonyl (C=O) groups is 1. The van der Waals surface area contributed by atoms with Crippen molar-refractivity contribution in [3.05, 3.63) is 52.0 Å². The normalized spacial score (nSPS) is 16.7. The number of alkyl halides is 3. The topological polar surface area (TPSA) is 50.8 Å². The van der Waals surface area contributed by atoms with Gasteiger partial charge in [-0.05, 0) is 54.8 Å². The van der Waals surface area contributed by atoms with Crippen molar-refractivity contribution in [3.8, 4) is 11.5 Å². The van der Waals surface area contributed by atoms with Crippen molar-refractivity contribution in [2.45, 2.75) is 25.6 Å². The van der Waals surface area contributed by atoms with Gasteiger partial charge in [0.1, 0.15) is 0 Å². The van der Waals surface area contributed by atoms with Gasteiger partial charge in [0, 0.05) is 18.3 Å². The highest BCUT2D eigenvalue weighted by Crippen LogP contribution is 2.38. The number of nitrogens with zero attached hydrogens (tertiary/aromatic N) is 1. The molecular weight excluding hydrogens is 421 g/mol. The molecule has 0 aromatic heterocycles. The number of ether oxygens (including phenoxy) is 2. The fourth-order valence-corrected chi connectivity index (χ4v) is 3.84. The van der Waals surface area contributed by atoms with Crippen molar-refractivity contribution in [2.24, 2.45) is 0 Å². The molecular formula is C21H22ClF3N2O3. The van der Waals surface area contributed by atoms with Gasteiger partial charge in [-0.1, -0.05) is 11.6 Å². The summed E-state index contributed by atoms with van der Waals surface area (Å²) in [5.74, 6) is 0.856. The molecule has 0 saturated carbocycles. The first-order valence-corrected chi connectivity index (χ1v) is 9.67. The Bertz CT molecular complexity index is 950. The molecule has 3 rings (SSSR count). The largest absolute Gasteiger partial charge is 0.493 e. The minimum absolute atomic E-state index is 0.0406. The first-order valence-electron chi connectivity index (χ1n) is 9.29. The van der Waals surface area contributed by atoms with Crippen LogP contribution >= 0.6 is 11.6 Å². The fraction of sp³-hybridized carbons (Fsp3) is 0.381. The van der Waals surface area contributed by atoms with Gasteiger partial charge in [-0.3, -0.25) is 9.69 Å². The van der Waals surface area contributed by atoms with Crippen LogP contribution < -0.4 is 14.8 Å². The number of halogens is 4. The molecule has 0 radical (unpaired) electrons. The molecule has 1 amide bonds. The van der Waals surface area contributed by atoms with Crippen LogP contribution in [-0.4, -0.2) is 38.1 Å². The van der Waals surface area contributed by atoms with Gasteiger partial charge in [-0.15, -0.1) is 0 Å². The molecule has 1 aliphatic heterocycles. The molecule has 0 spiro atoms. The Hall–Kier alpha value is -2.45. The molecule has 0 aliphatic carbocycles. The second-order valence-electron chi connectivity index (χ2n) is 7.04. The summed E-state index contributed by atoms with van der Waals surface area (Å²) in [6.45, 7) is 2.64. The molecule has 2 aromatic rings. The Morgan fingerprint density at radius 1 is 1.20 bits per heavy atom. The van der Waals surface area contributed by atoms with Crippen molar-refractivity contribution in [1.29, 1.82) is 0 Å². The van der Waals surface area contributed by atoms with E-state index in [1.165, 1.54) is 6.07 Å². The summed E-state index contributed by atoms with van der Waals surface area (Å²) in [4.78, 5) is 14.5. The number of hydrogen-bond donors (Lipinski definition) is 1. The van der Waals surface area contributed by atoms with Gasteiger partial charge < -0.3 is 14.8 Å². The molecule has 5 nitrogen and oxygen atoms in total. The van der Waals surface area contributed by atoms with Crippen molar-refractivity contribution in [3.63, 3.8) is 0 Å². The summed E-state index contributed by atoms with van der Waals surface area (Å²) in [7, 11) is 3.14. The first kappa shape index (κ1) is 22.2. The number of anilines is 1. The maximum atomic E-state index is 13.0. The van der Waals surface area contributed by atoms with Gasteiger partial charge in [0.05, 0.1) is 31.4 Å². The van der Waals surface area contributed by atoms with E-state index >= 15 is 0 Å². The van der Waals surface area contributed by atoms with Gasteiger partial charge in [-0.25, -0.2) is 0 Å². The predicted octanol–water partition coefficient (Wildman–Crippen LogP) is 4.93. The molecule has 1 atom stereocenters. The number of benzene rings is 2. The van der Waals surface area contributed by atoms with Crippen molar-refractivity contribution in [1.82, 2.24) is 4.90 Å². The van der Waals surface area contributed by atoms with Crippen LogP contribution in [0.1, 0.15) is 29.7 Å². The zero-order valence-electron chi connectivity index (χ0n) is 16.8. The van der Waals surface area contributed by atoms with Gasteiger partial charge in [0.15, 0.2) is 11.5 Å². The summed E-state index contributed by atoms with van der Waals surface area (Å²) in [5, 5.41) is 2.12. The summed E-state index contributed by atoms with van der Waals surface area (Å²) in [6, 6.07) is 7.08. The second-order valence-corrected chi connectivity index (χ2v) is 7.45. The highest BCUT2D eigenvalue weighted by atomic mass is 35.5. The van der Waals surface area contributed by atoms with Gasteiger partial charge in [0.2, 0.25) is 5.91 Å². The lowest BCUT2D eigenvalue weighted by molar-refractivity contribution is -0.137. The number of nitrogens with one attached hydrogen (secondary N) is 1. The highest BCUT2D eigenvalue weighted by Gasteiger charge is 2.33. The molecule has 9 heteroatoms. The number of fused-ring (bicyclic) bond motifs is 1. The third-order valence-electron chi connectivity index (χ3n) is 5.21. The molecule has 162 valence electrons. The van der Waals surface area contributed by atoms with E-state index < -0.39 is 22.7 Å². The summed E-state index contributed by atoms with van der Waals surface area (Å²) in [6.07, 6.45) is -3.88. The standard InChI is InChI=1S/C21H22ClF3N2O3/c1-12-15-10-19(30-3)18(29-2)8-13(15)6-7-27(12)11-20(28)26-14-4-5-17(22)16(9-14)21(23,24)25/h4-5,8-10,12H,6-7,11H2,1-3H3,(H,26,28)/t12-/m1/s1. The van der Waals surface area contributed by atoms with E-state index in [9.17, 15) is 18.0 Å². The van der Waals surface area contributed by atoms with E-state index in [1.807, 2.05) is 24.0 Å².